The highest BCUT2D eigenvalue weighted by atomic mass is 79.9. The quantitative estimate of drug-likeness (QED) is 0.168. The van der Waals surface area contributed by atoms with Crippen LogP contribution in [0.5, 0.6) is 5.75 Å². The molecule has 212 valence electrons. The Morgan fingerprint density at radius 3 is 2.34 bits per heavy atom. The Labute approximate surface area is 252 Å². The van der Waals surface area contributed by atoms with Crippen LogP contribution in [0.1, 0.15) is 41.6 Å². The second-order valence-electron chi connectivity index (χ2n) is 10.8. The second-order valence-corrected chi connectivity index (χ2v) is 12.6. The molecule has 4 aliphatic rings. The Morgan fingerprint density at radius 2 is 1.73 bits per heavy atom. The Hall–Kier alpha value is -3.08. The first-order chi connectivity index (χ1) is 19.4. The first kappa shape index (κ1) is 28.1. The molecule has 1 N–H and O–H groups in total. The highest BCUT2D eigenvalue weighted by molar-refractivity contribution is 9.09. The van der Waals surface area contributed by atoms with Gasteiger partial charge in [0.1, 0.15) is 0 Å². The number of anilines is 1. The number of benzene rings is 2. The molecule has 0 radical (unpaired) electrons. The third-order valence-corrected chi connectivity index (χ3v) is 10.8. The van der Waals surface area contributed by atoms with Crippen molar-refractivity contribution in [2.45, 2.75) is 35.4 Å². The van der Waals surface area contributed by atoms with E-state index in [2.05, 4.69) is 15.9 Å². The number of carbonyl (C=O) groups excluding carboxylic acids is 5. The maximum Gasteiger partial charge on any atom is 0.254 e. The molecule has 3 fully saturated rings. The van der Waals surface area contributed by atoms with Crippen molar-refractivity contribution in [1.29, 1.82) is 0 Å². The van der Waals surface area contributed by atoms with Crippen molar-refractivity contribution in [3.8, 4) is 5.75 Å². The van der Waals surface area contributed by atoms with Crippen LogP contribution in [-0.4, -0.2) is 54.6 Å². The summed E-state index contributed by atoms with van der Waals surface area (Å²) in [5.41, 5.74) is 1.25. The lowest BCUT2D eigenvalue weighted by Gasteiger charge is -2.50. The van der Waals surface area contributed by atoms with Gasteiger partial charge in [0.15, 0.2) is 27.1 Å². The number of ketones is 1. The second kappa shape index (κ2) is 9.47. The molecule has 0 spiro atoms. The number of hydrogen-bond acceptors (Lipinski definition) is 6. The number of phenols is 1. The van der Waals surface area contributed by atoms with Gasteiger partial charge in [-0.3, -0.25) is 33.8 Å². The van der Waals surface area contributed by atoms with E-state index in [0.717, 1.165) is 21.9 Å². The number of hydrogen-bond donors (Lipinski definition) is 1. The zero-order chi connectivity index (χ0) is 29.6. The summed E-state index contributed by atoms with van der Waals surface area (Å²) in [6.45, 7) is 1.41. The Morgan fingerprint density at radius 1 is 1.05 bits per heavy atom. The molecule has 1 saturated carbocycles. The predicted molar refractivity (Wildman–Crippen MR) is 150 cm³/mol. The lowest BCUT2D eigenvalue weighted by Crippen LogP contribution is -2.60. The van der Waals surface area contributed by atoms with Crippen LogP contribution in [0.3, 0.4) is 0 Å². The normalized spacial score (nSPS) is 32.6. The number of nitrogens with zero attached hydrogens (tertiary/aromatic N) is 2. The number of likely N-dealkylation sites (tertiary alicyclic amines) is 1. The molecule has 6 rings (SSSR count). The summed E-state index contributed by atoms with van der Waals surface area (Å²) < 4.78 is 14.6. The van der Waals surface area contributed by atoms with Gasteiger partial charge in [-0.1, -0.05) is 33.6 Å². The van der Waals surface area contributed by atoms with Crippen molar-refractivity contribution in [3.63, 3.8) is 0 Å². The van der Waals surface area contributed by atoms with Gasteiger partial charge in [0.05, 0.1) is 23.0 Å². The number of allylic oxidation sites excluding steroid dienone is 2. The zero-order valence-corrected chi connectivity index (χ0v) is 24.5. The molecule has 6 atom stereocenters. The molecule has 2 saturated heterocycles. The van der Waals surface area contributed by atoms with Gasteiger partial charge in [-0.15, -0.1) is 23.2 Å². The summed E-state index contributed by atoms with van der Waals surface area (Å²) in [5, 5.41) is 9.83. The van der Waals surface area contributed by atoms with E-state index >= 15 is 0 Å². The summed E-state index contributed by atoms with van der Waals surface area (Å²) in [6.07, 6.45) is 1.68. The number of halogens is 4. The van der Waals surface area contributed by atoms with Gasteiger partial charge in [0.2, 0.25) is 11.8 Å². The van der Waals surface area contributed by atoms with Crippen LogP contribution in [0.25, 0.3) is 0 Å². The number of fused-ring (bicyclic) bond motifs is 4. The highest BCUT2D eigenvalue weighted by Gasteiger charge is 2.76. The number of Topliss-reactive ketones (excluding diaryl/α,β-unsaturated/α-hetero) is 1. The van der Waals surface area contributed by atoms with E-state index in [1.807, 2.05) is 0 Å². The van der Waals surface area contributed by atoms with Crippen molar-refractivity contribution in [2.75, 3.05) is 10.4 Å². The van der Waals surface area contributed by atoms with Gasteiger partial charge in [-0.05, 0) is 67.6 Å². The smallest absolute Gasteiger partial charge is 0.254 e. The van der Waals surface area contributed by atoms with Crippen molar-refractivity contribution in [1.82, 2.24) is 4.90 Å². The number of rotatable bonds is 4. The molecule has 6 unspecified atom stereocenters. The predicted octanol–water partition coefficient (Wildman–Crippen LogP) is 4.65. The highest BCUT2D eigenvalue weighted by Crippen LogP contribution is 2.65. The first-order valence-corrected chi connectivity index (χ1v) is 14.7. The van der Waals surface area contributed by atoms with Gasteiger partial charge in [0.25, 0.3) is 11.8 Å². The topological polar surface area (TPSA) is 112 Å². The van der Waals surface area contributed by atoms with Gasteiger partial charge in [0, 0.05) is 11.5 Å². The minimum absolute atomic E-state index is 0.146. The largest absolute Gasteiger partial charge is 0.505 e. The number of carbonyl (C=O) groups is 5. The van der Waals surface area contributed by atoms with E-state index in [1.165, 1.54) is 37.3 Å². The molecule has 2 aliphatic carbocycles. The van der Waals surface area contributed by atoms with Crippen molar-refractivity contribution >= 4 is 74.2 Å². The Bertz CT molecular complexity index is 1600. The number of aromatic hydroxyl groups is 1. The molecular formula is C29H22BrCl2FN2O6. The van der Waals surface area contributed by atoms with E-state index in [1.54, 1.807) is 6.08 Å². The number of phenolic OH excluding ortho intramolecular Hbond substituents is 1. The van der Waals surface area contributed by atoms with E-state index in [-0.39, 0.29) is 29.6 Å². The van der Waals surface area contributed by atoms with Crippen molar-refractivity contribution < 1.29 is 33.5 Å². The fraction of sp³-hybridized carbons (Fsp3) is 0.345. The standard InChI is InChI=1S/C29H22BrCl2FN2O6/c1-13(36)14-2-5-16(6-3-14)35-24(38)18-8-7-17-19(22(18)25(35)39)11-28(31)26(40)34(12-30)27(41)29(28,32)23(17)15-4-9-21(37)20(33)10-15/h2-7,9-10,18-19,22-23,37H,8,11-12H2,1H3. The number of alkyl halides is 3. The molecule has 12 heteroatoms. The third-order valence-electron chi connectivity index (χ3n) is 8.85. The molecule has 2 aromatic rings. The molecule has 2 aromatic carbocycles. The molecular weight excluding hydrogens is 642 g/mol. The summed E-state index contributed by atoms with van der Waals surface area (Å²) in [6, 6.07) is 9.69. The van der Waals surface area contributed by atoms with Crippen LogP contribution in [-0.2, 0) is 19.2 Å². The Balaban J connectivity index is 1.49. The molecule has 41 heavy (non-hydrogen) atoms. The summed E-state index contributed by atoms with van der Waals surface area (Å²) in [5.74, 6) is -7.78. The molecule has 0 aromatic heterocycles. The molecule has 2 heterocycles. The molecule has 2 aliphatic heterocycles. The van der Waals surface area contributed by atoms with Crippen LogP contribution >= 0.6 is 39.1 Å². The van der Waals surface area contributed by atoms with Gasteiger partial charge >= 0.3 is 0 Å². The minimum atomic E-state index is -2.06. The number of amides is 4. The average molecular weight is 664 g/mol. The van der Waals surface area contributed by atoms with Crippen LogP contribution in [0.2, 0.25) is 0 Å². The van der Waals surface area contributed by atoms with Crippen LogP contribution < -0.4 is 4.90 Å². The summed E-state index contributed by atoms with van der Waals surface area (Å²) in [7, 11) is 0. The van der Waals surface area contributed by atoms with Crippen LogP contribution in [0.4, 0.5) is 10.1 Å². The van der Waals surface area contributed by atoms with Gasteiger partial charge < -0.3 is 5.11 Å². The van der Waals surface area contributed by atoms with E-state index in [9.17, 15) is 33.5 Å². The summed E-state index contributed by atoms with van der Waals surface area (Å²) >= 11 is 17.4. The fourth-order valence-corrected chi connectivity index (χ4v) is 8.35. The SMILES string of the molecule is CC(=O)c1ccc(N2C(=O)C3CC=C4C(CC5(Cl)C(=O)N(CBr)C(=O)C5(Cl)C4c4ccc(O)c(F)c4)C3C2=O)cc1. The van der Waals surface area contributed by atoms with E-state index in [4.69, 9.17) is 23.2 Å². The lowest BCUT2D eigenvalue weighted by molar-refractivity contribution is -0.138. The lowest BCUT2D eigenvalue weighted by atomic mass is 9.56. The molecule has 4 amide bonds. The average Bonchev–Trinajstić information content (AvgIpc) is 3.28. The first-order valence-electron chi connectivity index (χ1n) is 12.8. The summed E-state index contributed by atoms with van der Waals surface area (Å²) in [4.78, 5) is 64.5. The third kappa shape index (κ3) is 3.66. The number of imide groups is 2. The monoisotopic (exact) mass is 662 g/mol. The van der Waals surface area contributed by atoms with Crippen molar-refractivity contribution in [2.24, 2.45) is 17.8 Å². The van der Waals surface area contributed by atoms with E-state index < -0.39 is 68.6 Å². The van der Waals surface area contributed by atoms with Crippen molar-refractivity contribution in [3.05, 3.63) is 71.1 Å². The van der Waals surface area contributed by atoms with Crippen LogP contribution in [0.15, 0.2) is 54.1 Å². The molecule has 0 bridgehead atoms. The molecule has 8 nitrogen and oxygen atoms in total. The maximum atomic E-state index is 14.6. The minimum Gasteiger partial charge on any atom is -0.505 e. The zero-order valence-electron chi connectivity index (χ0n) is 21.4. The van der Waals surface area contributed by atoms with E-state index in [0.29, 0.717) is 16.8 Å². The van der Waals surface area contributed by atoms with Gasteiger partial charge in [-0.2, -0.15) is 0 Å². The maximum absolute atomic E-state index is 14.6. The van der Waals surface area contributed by atoms with Crippen LogP contribution in [0, 0.1) is 23.6 Å². The Kier molecular flexibility index (Phi) is 6.48. The van der Waals surface area contributed by atoms with Gasteiger partial charge in [-0.25, -0.2) is 4.39 Å². The fourth-order valence-electron chi connectivity index (χ4n) is 6.93.